The largest absolute Gasteiger partial charge is 0.417 e. The van der Waals surface area contributed by atoms with Gasteiger partial charge in [-0.25, -0.2) is 0 Å². The maximum atomic E-state index is 8.59. The molecule has 114 valence electrons. The zero-order chi connectivity index (χ0) is 14.8. The van der Waals surface area contributed by atoms with Crippen LogP contribution >= 0.6 is 0 Å². The van der Waals surface area contributed by atoms with E-state index < -0.39 is 8.32 Å². The SMILES string of the molecule is CC(C)(C)[Si](C)(C)OCCCCCCC/C=C\CO. The quantitative estimate of drug-likeness (QED) is 0.352. The third-order valence-corrected chi connectivity index (χ3v) is 8.59. The monoisotopic (exact) mass is 286 g/mol. The Morgan fingerprint density at radius 2 is 1.53 bits per heavy atom. The second kappa shape index (κ2) is 9.73. The van der Waals surface area contributed by atoms with Gasteiger partial charge in [0, 0.05) is 6.61 Å². The minimum atomic E-state index is -1.53. The van der Waals surface area contributed by atoms with Crippen LogP contribution in [0.3, 0.4) is 0 Å². The molecule has 0 heterocycles. The van der Waals surface area contributed by atoms with Gasteiger partial charge in [-0.05, 0) is 37.4 Å². The highest BCUT2D eigenvalue weighted by atomic mass is 28.4. The average molecular weight is 287 g/mol. The maximum Gasteiger partial charge on any atom is 0.191 e. The van der Waals surface area contributed by atoms with E-state index in [-0.39, 0.29) is 6.61 Å². The lowest BCUT2D eigenvalue weighted by Crippen LogP contribution is -2.40. The van der Waals surface area contributed by atoms with E-state index in [4.69, 9.17) is 9.53 Å². The third kappa shape index (κ3) is 9.42. The summed E-state index contributed by atoms with van der Waals surface area (Å²) in [4.78, 5) is 0. The number of allylic oxidation sites excluding steroid dienone is 1. The van der Waals surface area contributed by atoms with Crippen molar-refractivity contribution < 1.29 is 9.53 Å². The first-order valence-electron chi connectivity index (χ1n) is 7.71. The second-order valence-electron chi connectivity index (χ2n) is 6.82. The molecule has 0 unspecified atom stereocenters. The Bertz CT molecular complexity index is 242. The van der Waals surface area contributed by atoms with Crippen LogP contribution in [0.2, 0.25) is 18.1 Å². The Labute approximate surface area is 121 Å². The summed E-state index contributed by atoms with van der Waals surface area (Å²) in [7, 11) is -1.53. The van der Waals surface area contributed by atoms with Crippen LogP contribution in [0.4, 0.5) is 0 Å². The molecule has 0 fully saturated rings. The van der Waals surface area contributed by atoms with E-state index in [2.05, 4.69) is 39.9 Å². The third-order valence-electron chi connectivity index (χ3n) is 4.06. The van der Waals surface area contributed by atoms with Crippen molar-refractivity contribution in [2.75, 3.05) is 13.2 Å². The predicted octanol–water partition coefficient (Wildman–Crippen LogP) is 4.90. The molecule has 0 radical (unpaired) electrons. The second-order valence-corrected chi connectivity index (χ2v) is 11.6. The molecule has 0 amide bonds. The topological polar surface area (TPSA) is 29.5 Å². The van der Waals surface area contributed by atoms with E-state index in [0.717, 1.165) is 13.0 Å². The fourth-order valence-corrected chi connectivity index (χ4v) is 2.72. The van der Waals surface area contributed by atoms with Gasteiger partial charge in [0.15, 0.2) is 8.32 Å². The molecule has 0 saturated heterocycles. The van der Waals surface area contributed by atoms with Crippen LogP contribution < -0.4 is 0 Å². The standard InChI is InChI=1S/C16H34O2Si/c1-16(2,3)19(4,5)18-15-13-11-9-7-6-8-10-12-14-17/h10,12,17H,6-9,11,13-15H2,1-5H3/b12-10-. The van der Waals surface area contributed by atoms with Crippen molar-refractivity contribution in [3.63, 3.8) is 0 Å². The van der Waals surface area contributed by atoms with Crippen molar-refractivity contribution in [2.24, 2.45) is 0 Å². The van der Waals surface area contributed by atoms with Crippen molar-refractivity contribution in [1.82, 2.24) is 0 Å². The van der Waals surface area contributed by atoms with Gasteiger partial charge in [0.25, 0.3) is 0 Å². The van der Waals surface area contributed by atoms with Crippen molar-refractivity contribution in [3.05, 3.63) is 12.2 Å². The van der Waals surface area contributed by atoms with E-state index in [1.807, 2.05) is 6.08 Å². The van der Waals surface area contributed by atoms with Crippen LogP contribution in [-0.2, 0) is 4.43 Å². The van der Waals surface area contributed by atoms with E-state index >= 15 is 0 Å². The van der Waals surface area contributed by atoms with Gasteiger partial charge in [-0.1, -0.05) is 52.2 Å². The molecule has 0 aromatic rings. The Morgan fingerprint density at radius 1 is 0.947 bits per heavy atom. The molecular formula is C16H34O2Si. The van der Waals surface area contributed by atoms with Gasteiger partial charge in [-0.2, -0.15) is 0 Å². The molecule has 3 heteroatoms. The molecule has 1 N–H and O–H groups in total. The summed E-state index contributed by atoms with van der Waals surface area (Å²) in [5.74, 6) is 0. The van der Waals surface area contributed by atoms with Gasteiger partial charge >= 0.3 is 0 Å². The van der Waals surface area contributed by atoms with Crippen molar-refractivity contribution >= 4 is 8.32 Å². The molecule has 0 rings (SSSR count). The molecule has 0 atom stereocenters. The van der Waals surface area contributed by atoms with E-state index in [9.17, 15) is 0 Å². The summed E-state index contributed by atoms with van der Waals surface area (Å²) in [6, 6.07) is 0. The minimum Gasteiger partial charge on any atom is -0.417 e. The molecule has 2 nitrogen and oxygen atoms in total. The number of aliphatic hydroxyl groups is 1. The number of aliphatic hydroxyl groups excluding tert-OH is 1. The smallest absolute Gasteiger partial charge is 0.191 e. The average Bonchev–Trinajstić information content (AvgIpc) is 2.30. The fourth-order valence-electron chi connectivity index (χ4n) is 1.63. The lowest BCUT2D eigenvalue weighted by Gasteiger charge is -2.36. The first-order valence-corrected chi connectivity index (χ1v) is 10.6. The van der Waals surface area contributed by atoms with Gasteiger partial charge in [-0.15, -0.1) is 0 Å². The molecule has 0 aliphatic carbocycles. The van der Waals surface area contributed by atoms with E-state index in [0.29, 0.717) is 5.04 Å². The summed E-state index contributed by atoms with van der Waals surface area (Å²) in [5, 5.41) is 8.92. The van der Waals surface area contributed by atoms with Crippen LogP contribution in [0.1, 0.15) is 59.3 Å². The lowest BCUT2D eigenvalue weighted by atomic mass is 10.1. The van der Waals surface area contributed by atoms with Crippen LogP contribution in [0.25, 0.3) is 0 Å². The van der Waals surface area contributed by atoms with E-state index in [1.54, 1.807) is 0 Å². The fraction of sp³-hybridized carbons (Fsp3) is 0.875. The number of unbranched alkanes of at least 4 members (excludes halogenated alkanes) is 5. The molecular weight excluding hydrogens is 252 g/mol. The van der Waals surface area contributed by atoms with Crippen LogP contribution in [0, 0.1) is 0 Å². The Kier molecular flexibility index (Phi) is 9.67. The molecule has 19 heavy (non-hydrogen) atoms. The number of hydrogen-bond donors (Lipinski definition) is 1. The van der Waals surface area contributed by atoms with Gasteiger partial charge in [0.05, 0.1) is 6.61 Å². The van der Waals surface area contributed by atoms with E-state index in [1.165, 1.54) is 32.1 Å². The highest BCUT2D eigenvalue weighted by Crippen LogP contribution is 2.36. The van der Waals surface area contributed by atoms with Crippen molar-refractivity contribution in [1.29, 1.82) is 0 Å². The van der Waals surface area contributed by atoms with Gasteiger partial charge in [0.2, 0.25) is 0 Å². The Morgan fingerprint density at radius 3 is 2.11 bits per heavy atom. The maximum absolute atomic E-state index is 8.59. The van der Waals surface area contributed by atoms with Crippen LogP contribution in [-0.4, -0.2) is 26.6 Å². The molecule has 0 spiro atoms. The molecule has 0 bridgehead atoms. The highest BCUT2D eigenvalue weighted by molar-refractivity contribution is 6.74. The van der Waals surface area contributed by atoms with Gasteiger partial charge in [0.1, 0.15) is 0 Å². The highest BCUT2D eigenvalue weighted by Gasteiger charge is 2.36. The molecule has 0 aliphatic rings. The zero-order valence-electron chi connectivity index (χ0n) is 13.7. The minimum absolute atomic E-state index is 0.171. The summed E-state index contributed by atoms with van der Waals surface area (Å²) < 4.78 is 6.15. The predicted molar refractivity (Wildman–Crippen MR) is 87.1 cm³/mol. The Balaban J connectivity index is 3.44. The van der Waals surface area contributed by atoms with Crippen molar-refractivity contribution in [3.8, 4) is 0 Å². The summed E-state index contributed by atoms with van der Waals surface area (Å²) in [6.45, 7) is 12.6. The van der Waals surface area contributed by atoms with Crippen molar-refractivity contribution in [2.45, 2.75) is 77.4 Å². The molecule has 0 saturated carbocycles. The van der Waals surface area contributed by atoms with Crippen LogP contribution in [0.15, 0.2) is 12.2 Å². The normalized spacial score (nSPS) is 13.4. The summed E-state index contributed by atoms with van der Waals surface area (Å²) in [6.07, 6.45) is 11.3. The van der Waals surface area contributed by atoms with Gasteiger partial charge in [-0.3, -0.25) is 0 Å². The summed E-state index contributed by atoms with van der Waals surface area (Å²) >= 11 is 0. The summed E-state index contributed by atoms with van der Waals surface area (Å²) in [5.41, 5.74) is 0. The Hall–Kier alpha value is -0.123. The lowest BCUT2D eigenvalue weighted by molar-refractivity contribution is 0.277. The van der Waals surface area contributed by atoms with Gasteiger partial charge < -0.3 is 9.53 Å². The first kappa shape index (κ1) is 18.9. The zero-order valence-corrected chi connectivity index (χ0v) is 14.7. The van der Waals surface area contributed by atoms with Crippen LogP contribution in [0.5, 0.6) is 0 Å². The first-order chi connectivity index (χ1) is 8.81. The molecule has 0 aromatic heterocycles. The number of hydrogen-bond acceptors (Lipinski definition) is 2. The number of rotatable bonds is 10. The molecule has 0 aromatic carbocycles. The molecule has 0 aliphatic heterocycles.